The van der Waals surface area contributed by atoms with Crippen molar-refractivity contribution < 1.29 is 9.47 Å². The first-order valence-electron chi connectivity index (χ1n) is 6.58. The van der Waals surface area contributed by atoms with Gasteiger partial charge in [0.25, 0.3) is 0 Å². The maximum Gasteiger partial charge on any atom is 0.222 e. The molecule has 0 atom stereocenters. The molecule has 3 N–H and O–H groups in total. The average molecular weight is 353 g/mol. The fourth-order valence-corrected chi connectivity index (χ4v) is 2.03. The van der Waals surface area contributed by atoms with Gasteiger partial charge in [-0.2, -0.15) is 4.98 Å². The quantitative estimate of drug-likeness (QED) is 0.829. The minimum absolute atomic E-state index is 0.194. The number of nitrogens with zero attached hydrogens (tertiary/aromatic N) is 2. The number of anilines is 3. The van der Waals surface area contributed by atoms with Gasteiger partial charge in [-0.05, 0) is 41.9 Å². The van der Waals surface area contributed by atoms with Gasteiger partial charge in [-0.3, -0.25) is 0 Å². The highest BCUT2D eigenvalue weighted by atomic mass is 79.9. The van der Waals surface area contributed by atoms with Gasteiger partial charge in [0.1, 0.15) is 17.3 Å². The summed E-state index contributed by atoms with van der Waals surface area (Å²) in [7, 11) is 0. The Bertz CT molecular complexity index is 622. The first-order chi connectivity index (χ1) is 10.1. The Morgan fingerprint density at radius 3 is 2.71 bits per heavy atom. The summed E-state index contributed by atoms with van der Waals surface area (Å²) in [6.07, 6.45) is 1.59. The lowest BCUT2D eigenvalue weighted by Crippen LogP contribution is -2.03. The van der Waals surface area contributed by atoms with Gasteiger partial charge in [-0.1, -0.05) is 0 Å². The summed E-state index contributed by atoms with van der Waals surface area (Å²) in [5.41, 5.74) is 6.37. The first kappa shape index (κ1) is 15.4. The SMILES string of the molecule is CCOc1ccc(OCC)c(Nc2nc(N)ncc2Br)c1. The molecule has 0 unspecified atom stereocenters. The molecule has 0 spiro atoms. The van der Waals surface area contributed by atoms with E-state index in [9.17, 15) is 0 Å². The van der Waals surface area contributed by atoms with Crippen LogP contribution < -0.4 is 20.5 Å². The van der Waals surface area contributed by atoms with Crippen LogP contribution in [0.15, 0.2) is 28.9 Å². The van der Waals surface area contributed by atoms with Crippen LogP contribution in [0.5, 0.6) is 11.5 Å². The molecule has 2 aromatic rings. The van der Waals surface area contributed by atoms with Gasteiger partial charge in [0, 0.05) is 12.3 Å². The minimum Gasteiger partial charge on any atom is -0.494 e. The lowest BCUT2D eigenvalue weighted by molar-refractivity contribution is 0.332. The Morgan fingerprint density at radius 1 is 1.24 bits per heavy atom. The molecule has 0 saturated carbocycles. The van der Waals surface area contributed by atoms with E-state index in [1.807, 2.05) is 32.0 Å². The zero-order chi connectivity index (χ0) is 15.2. The van der Waals surface area contributed by atoms with Crippen molar-refractivity contribution in [2.24, 2.45) is 0 Å². The normalized spacial score (nSPS) is 10.2. The van der Waals surface area contributed by atoms with Crippen LogP contribution in [0, 0.1) is 0 Å². The van der Waals surface area contributed by atoms with Crippen LogP contribution in [0.1, 0.15) is 13.8 Å². The van der Waals surface area contributed by atoms with Crippen molar-refractivity contribution >= 4 is 33.4 Å². The van der Waals surface area contributed by atoms with E-state index >= 15 is 0 Å². The topological polar surface area (TPSA) is 82.3 Å². The third-order valence-corrected chi connectivity index (χ3v) is 3.16. The molecule has 6 nitrogen and oxygen atoms in total. The third-order valence-electron chi connectivity index (χ3n) is 2.58. The molecule has 112 valence electrons. The molecular weight excluding hydrogens is 336 g/mol. The second-order valence-corrected chi connectivity index (χ2v) is 4.93. The Labute approximate surface area is 131 Å². The van der Waals surface area contributed by atoms with Crippen molar-refractivity contribution in [1.82, 2.24) is 9.97 Å². The van der Waals surface area contributed by atoms with Gasteiger partial charge in [0.15, 0.2) is 0 Å². The van der Waals surface area contributed by atoms with Crippen LogP contribution in [0.4, 0.5) is 17.5 Å². The molecule has 7 heteroatoms. The van der Waals surface area contributed by atoms with Gasteiger partial charge in [0.2, 0.25) is 5.95 Å². The Morgan fingerprint density at radius 2 is 2.00 bits per heavy atom. The summed E-state index contributed by atoms with van der Waals surface area (Å²) < 4.78 is 11.8. The van der Waals surface area contributed by atoms with Crippen molar-refractivity contribution in [2.45, 2.75) is 13.8 Å². The number of nitrogens with two attached hydrogens (primary N) is 1. The van der Waals surface area contributed by atoms with Crippen LogP contribution in [0.2, 0.25) is 0 Å². The van der Waals surface area contributed by atoms with Crippen molar-refractivity contribution in [2.75, 3.05) is 24.3 Å². The number of nitrogens with one attached hydrogen (secondary N) is 1. The van der Waals surface area contributed by atoms with Crippen LogP contribution >= 0.6 is 15.9 Å². The van der Waals surface area contributed by atoms with E-state index in [0.717, 1.165) is 11.4 Å². The van der Waals surface area contributed by atoms with E-state index in [1.165, 1.54) is 0 Å². The maximum absolute atomic E-state index is 5.62. The molecule has 0 aliphatic heterocycles. The van der Waals surface area contributed by atoms with E-state index in [4.69, 9.17) is 15.2 Å². The minimum atomic E-state index is 0.194. The summed E-state index contributed by atoms with van der Waals surface area (Å²) >= 11 is 3.39. The first-order valence-corrected chi connectivity index (χ1v) is 7.38. The predicted octanol–water partition coefficient (Wildman–Crippen LogP) is 3.36. The third kappa shape index (κ3) is 3.98. The van der Waals surface area contributed by atoms with Gasteiger partial charge in [0.05, 0.1) is 23.4 Å². The van der Waals surface area contributed by atoms with Crippen molar-refractivity contribution in [3.63, 3.8) is 0 Å². The van der Waals surface area contributed by atoms with E-state index < -0.39 is 0 Å². The standard InChI is InChI=1S/C14H17BrN4O2/c1-3-20-9-5-6-12(21-4-2)11(7-9)18-13-10(15)8-17-14(16)19-13/h5-8H,3-4H2,1-2H3,(H3,16,17,18,19). The molecule has 1 aromatic carbocycles. The summed E-state index contributed by atoms with van der Waals surface area (Å²) in [6, 6.07) is 5.58. The smallest absolute Gasteiger partial charge is 0.222 e. The molecular formula is C14H17BrN4O2. The number of halogens is 1. The van der Waals surface area contributed by atoms with E-state index in [1.54, 1.807) is 6.20 Å². The molecule has 1 heterocycles. The highest BCUT2D eigenvalue weighted by molar-refractivity contribution is 9.10. The van der Waals surface area contributed by atoms with E-state index in [-0.39, 0.29) is 5.95 Å². The van der Waals surface area contributed by atoms with E-state index in [2.05, 4.69) is 31.2 Å². The second-order valence-electron chi connectivity index (χ2n) is 4.07. The van der Waals surface area contributed by atoms with Crippen molar-refractivity contribution in [3.8, 4) is 11.5 Å². The lowest BCUT2D eigenvalue weighted by atomic mass is 10.2. The number of benzene rings is 1. The molecule has 2 rings (SSSR count). The molecule has 0 fully saturated rings. The number of hydrogen-bond acceptors (Lipinski definition) is 6. The Hall–Kier alpha value is -2.02. The van der Waals surface area contributed by atoms with Gasteiger partial charge >= 0.3 is 0 Å². The number of aromatic nitrogens is 2. The monoisotopic (exact) mass is 352 g/mol. The summed E-state index contributed by atoms with van der Waals surface area (Å²) in [5.74, 6) is 2.23. The predicted molar refractivity (Wildman–Crippen MR) is 86.2 cm³/mol. The molecule has 0 bridgehead atoms. The fourth-order valence-electron chi connectivity index (χ4n) is 1.74. The molecule has 0 radical (unpaired) electrons. The number of ether oxygens (including phenoxy) is 2. The largest absolute Gasteiger partial charge is 0.494 e. The zero-order valence-electron chi connectivity index (χ0n) is 11.9. The summed E-state index contributed by atoms with van der Waals surface area (Å²) in [5, 5.41) is 3.18. The molecule has 0 aliphatic rings. The van der Waals surface area contributed by atoms with Gasteiger partial charge in [-0.25, -0.2) is 4.98 Å². The van der Waals surface area contributed by atoms with E-state index in [0.29, 0.717) is 29.3 Å². The molecule has 0 amide bonds. The molecule has 0 saturated heterocycles. The molecule has 21 heavy (non-hydrogen) atoms. The lowest BCUT2D eigenvalue weighted by Gasteiger charge is -2.14. The Kier molecular flexibility index (Phi) is 5.21. The zero-order valence-corrected chi connectivity index (χ0v) is 13.5. The Balaban J connectivity index is 2.35. The van der Waals surface area contributed by atoms with Crippen molar-refractivity contribution in [3.05, 3.63) is 28.9 Å². The summed E-state index contributed by atoms with van der Waals surface area (Å²) in [6.45, 7) is 5.03. The summed E-state index contributed by atoms with van der Waals surface area (Å²) in [4.78, 5) is 8.07. The molecule has 0 aliphatic carbocycles. The van der Waals surface area contributed by atoms with Crippen LogP contribution in [0.3, 0.4) is 0 Å². The number of nitrogen functional groups attached to an aromatic ring is 1. The van der Waals surface area contributed by atoms with Crippen LogP contribution in [-0.4, -0.2) is 23.2 Å². The maximum atomic E-state index is 5.62. The van der Waals surface area contributed by atoms with Crippen LogP contribution in [-0.2, 0) is 0 Å². The van der Waals surface area contributed by atoms with Gasteiger partial charge < -0.3 is 20.5 Å². The fraction of sp³-hybridized carbons (Fsp3) is 0.286. The highest BCUT2D eigenvalue weighted by Crippen LogP contribution is 2.33. The molecule has 1 aromatic heterocycles. The highest BCUT2D eigenvalue weighted by Gasteiger charge is 2.10. The average Bonchev–Trinajstić information content (AvgIpc) is 2.46. The second kappa shape index (κ2) is 7.12. The van der Waals surface area contributed by atoms with Crippen LogP contribution in [0.25, 0.3) is 0 Å². The van der Waals surface area contributed by atoms with Gasteiger partial charge in [-0.15, -0.1) is 0 Å². The number of rotatable bonds is 6. The van der Waals surface area contributed by atoms with Crippen molar-refractivity contribution in [1.29, 1.82) is 0 Å². The number of hydrogen-bond donors (Lipinski definition) is 2.